The van der Waals surface area contributed by atoms with E-state index >= 15 is 0 Å². The van der Waals surface area contributed by atoms with Gasteiger partial charge in [0.25, 0.3) is 0 Å². The van der Waals surface area contributed by atoms with Crippen LogP contribution in [0.15, 0.2) is 47.4 Å². The highest BCUT2D eigenvalue weighted by Crippen LogP contribution is 2.23. The van der Waals surface area contributed by atoms with Gasteiger partial charge in [0.1, 0.15) is 4.90 Å². The number of anilines is 1. The van der Waals surface area contributed by atoms with Crippen molar-refractivity contribution in [3.8, 4) is 0 Å². The third-order valence-electron chi connectivity index (χ3n) is 3.99. The van der Waals surface area contributed by atoms with Crippen LogP contribution in [0.1, 0.15) is 22.8 Å². The summed E-state index contributed by atoms with van der Waals surface area (Å²) in [5, 5.41) is 0.0395. The monoisotopic (exact) mass is 410 g/mol. The number of methoxy groups -OCH3 is 1. The molecule has 2 aromatic rings. The first-order valence-corrected chi connectivity index (χ1v) is 10.2. The average Bonchev–Trinajstić information content (AvgIpc) is 2.61. The van der Waals surface area contributed by atoms with Gasteiger partial charge in [-0.2, -0.15) is 0 Å². The number of hydrogen-bond donors (Lipinski definition) is 1. The van der Waals surface area contributed by atoms with Gasteiger partial charge >= 0.3 is 5.97 Å². The van der Waals surface area contributed by atoms with Crippen molar-refractivity contribution in [3.05, 3.63) is 58.6 Å². The minimum atomic E-state index is -3.89. The Hall–Kier alpha value is -2.09. The smallest absolute Gasteiger partial charge is 0.337 e. The summed E-state index contributed by atoms with van der Waals surface area (Å²) in [5.41, 5.74) is 2.19. The molecule has 6 nitrogen and oxygen atoms in total. The summed E-state index contributed by atoms with van der Waals surface area (Å²) in [6, 6.07) is 11.5. The zero-order valence-electron chi connectivity index (χ0n) is 15.7. The third-order valence-corrected chi connectivity index (χ3v) is 6.06. The van der Waals surface area contributed by atoms with E-state index in [-0.39, 0.29) is 21.5 Å². The van der Waals surface area contributed by atoms with Crippen LogP contribution in [0.25, 0.3) is 0 Å². The van der Waals surface area contributed by atoms with E-state index in [1.54, 1.807) is 6.92 Å². The molecule has 1 atom stereocenters. The number of hydrogen-bond acceptors (Lipinski definition) is 5. The molecule has 0 bridgehead atoms. The Balaban J connectivity index is 2.16. The summed E-state index contributed by atoms with van der Waals surface area (Å²) < 4.78 is 32.6. The van der Waals surface area contributed by atoms with Crippen molar-refractivity contribution in [3.63, 3.8) is 0 Å². The van der Waals surface area contributed by atoms with Crippen LogP contribution in [0.2, 0.25) is 5.02 Å². The maximum absolute atomic E-state index is 12.7. The molecule has 0 heterocycles. The van der Waals surface area contributed by atoms with Gasteiger partial charge in [0.2, 0.25) is 10.0 Å². The fraction of sp³-hybridized carbons (Fsp3) is 0.316. The fourth-order valence-corrected chi connectivity index (χ4v) is 4.38. The first-order chi connectivity index (χ1) is 12.6. The van der Waals surface area contributed by atoms with Crippen LogP contribution in [-0.4, -0.2) is 41.6 Å². The number of ether oxygens (including phenoxy) is 1. The normalized spacial score (nSPS) is 12.5. The number of benzene rings is 2. The molecule has 2 aromatic carbocycles. The van der Waals surface area contributed by atoms with E-state index < -0.39 is 16.0 Å². The lowest BCUT2D eigenvalue weighted by Gasteiger charge is -2.17. The molecule has 0 saturated carbocycles. The molecule has 146 valence electrons. The lowest BCUT2D eigenvalue weighted by Crippen LogP contribution is -2.34. The number of halogens is 1. The van der Waals surface area contributed by atoms with E-state index in [4.69, 9.17) is 11.6 Å². The van der Waals surface area contributed by atoms with E-state index in [1.165, 1.54) is 25.3 Å². The van der Waals surface area contributed by atoms with Crippen molar-refractivity contribution in [2.45, 2.75) is 24.3 Å². The van der Waals surface area contributed by atoms with E-state index in [9.17, 15) is 13.2 Å². The Morgan fingerprint density at radius 3 is 2.37 bits per heavy atom. The van der Waals surface area contributed by atoms with Gasteiger partial charge in [-0.15, -0.1) is 0 Å². The molecule has 0 aliphatic heterocycles. The molecule has 0 aromatic heterocycles. The molecular weight excluding hydrogens is 388 g/mol. The maximum atomic E-state index is 12.7. The van der Waals surface area contributed by atoms with E-state index in [0.717, 1.165) is 11.3 Å². The Morgan fingerprint density at radius 2 is 1.81 bits per heavy atom. The number of nitrogens with zero attached hydrogens (tertiary/aromatic N) is 1. The third kappa shape index (κ3) is 5.45. The maximum Gasteiger partial charge on any atom is 0.337 e. The van der Waals surface area contributed by atoms with Crippen LogP contribution in [-0.2, 0) is 21.2 Å². The van der Waals surface area contributed by atoms with Crippen molar-refractivity contribution in [1.82, 2.24) is 4.72 Å². The summed E-state index contributed by atoms with van der Waals surface area (Å²) in [4.78, 5) is 13.5. The molecule has 2 rings (SSSR count). The van der Waals surface area contributed by atoms with Gasteiger partial charge in [-0.05, 0) is 49.2 Å². The number of carbonyl (C=O) groups is 1. The molecule has 0 amide bonds. The van der Waals surface area contributed by atoms with Gasteiger partial charge in [-0.3, -0.25) is 0 Å². The van der Waals surface area contributed by atoms with E-state index in [2.05, 4.69) is 9.46 Å². The van der Waals surface area contributed by atoms with Gasteiger partial charge < -0.3 is 9.64 Å². The molecule has 1 N–H and O–H groups in total. The predicted molar refractivity (Wildman–Crippen MR) is 107 cm³/mol. The Bertz CT molecular complexity index is 912. The van der Waals surface area contributed by atoms with Crippen LogP contribution >= 0.6 is 11.6 Å². The van der Waals surface area contributed by atoms with Gasteiger partial charge in [0, 0.05) is 25.8 Å². The Kier molecular flexibility index (Phi) is 6.86. The van der Waals surface area contributed by atoms with Crippen molar-refractivity contribution in [2.75, 3.05) is 26.1 Å². The van der Waals surface area contributed by atoms with Crippen molar-refractivity contribution in [2.24, 2.45) is 0 Å². The van der Waals surface area contributed by atoms with Crippen LogP contribution in [0.5, 0.6) is 0 Å². The second kappa shape index (κ2) is 8.73. The lowest BCUT2D eigenvalue weighted by molar-refractivity contribution is 0.0600. The van der Waals surface area contributed by atoms with Crippen LogP contribution in [0.4, 0.5) is 5.69 Å². The van der Waals surface area contributed by atoms with Crippen molar-refractivity contribution in [1.29, 1.82) is 0 Å². The zero-order chi connectivity index (χ0) is 20.2. The molecule has 1 unspecified atom stereocenters. The number of rotatable bonds is 7. The van der Waals surface area contributed by atoms with Crippen LogP contribution in [0.3, 0.4) is 0 Å². The minimum Gasteiger partial charge on any atom is -0.465 e. The Morgan fingerprint density at radius 1 is 1.19 bits per heavy atom. The first-order valence-electron chi connectivity index (χ1n) is 8.30. The summed E-state index contributed by atoms with van der Waals surface area (Å²) in [6.45, 7) is 1.77. The van der Waals surface area contributed by atoms with E-state index in [1.807, 2.05) is 43.3 Å². The highest BCUT2D eigenvalue weighted by atomic mass is 35.5. The second-order valence-electron chi connectivity index (χ2n) is 6.42. The molecular formula is C19H23ClN2O4S. The summed E-state index contributed by atoms with van der Waals surface area (Å²) in [6.07, 6.45) is 0.515. The number of esters is 1. The molecule has 0 saturated heterocycles. The van der Waals surface area contributed by atoms with Crippen molar-refractivity contribution < 1.29 is 17.9 Å². The number of nitrogens with one attached hydrogen (secondary N) is 1. The Labute approximate surface area is 165 Å². The number of carbonyl (C=O) groups excluding carboxylic acids is 1. The zero-order valence-corrected chi connectivity index (χ0v) is 17.3. The van der Waals surface area contributed by atoms with Gasteiger partial charge in [-0.1, -0.05) is 23.7 Å². The quantitative estimate of drug-likeness (QED) is 0.710. The first kappa shape index (κ1) is 21.2. The van der Waals surface area contributed by atoms with E-state index in [0.29, 0.717) is 6.42 Å². The highest BCUT2D eigenvalue weighted by Gasteiger charge is 2.22. The standard InChI is InChI=1S/C19H23ClN2O4S/c1-13(11-14-5-8-16(9-6-14)22(2)3)21-27(24,25)18-12-15(19(23)26-4)7-10-17(18)20/h5-10,12-13,21H,11H2,1-4H3. The fourth-order valence-electron chi connectivity index (χ4n) is 2.61. The summed E-state index contributed by atoms with van der Waals surface area (Å²) in [5.74, 6) is -0.628. The molecule has 0 aliphatic rings. The van der Waals surface area contributed by atoms with Crippen molar-refractivity contribution >= 4 is 33.3 Å². The second-order valence-corrected chi connectivity index (χ2v) is 8.51. The lowest BCUT2D eigenvalue weighted by atomic mass is 10.1. The van der Waals surface area contributed by atoms with Gasteiger partial charge in [0.15, 0.2) is 0 Å². The molecule has 0 fully saturated rings. The molecule has 27 heavy (non-hydrogen) atoms. The van der Waals surface area contributed by atoms with Crippen LogP contribution < -0.4 is 9.62 Å². The highest BCUT2D eigenvalue weighted by molar-refractivity contribution is 7.89. The molecule has 8 heteroatoms. The SMILES string of the molecule is COC(=O)c1ccc(Cl)c(S(=O)(=O)NC(C)Cc2ccc(N(C)C)cc2)c1. The van der Waals surface area contributed by atoms with Crippen LogP contribution in [0, 0.1) is 0 Å². The molecule has 0 aliphatic carbocycles. The summed E-state index contributed by atoms with van der Waals surface area (Å²) in [7, 11) is 1.25. The number of sulfonamides is 1. The topological polar surface area (TPSA) is 75.7 Å². The minimum absolute atomic E-state index is 0.0395. The predicted octanol–water partition coefficient (Wildman–Crippen LogP) is 3.10. The average molecular weight is 411 g/mol. The van der Waals surface area contributed by atoms with Gasteiger partial charge in [0.05, 0.1) is 17.7 Å². The van der Waals surface area contributed by atoms with Gasteiger partial charge in [-0.25, -0.2) is 17.9 Å². The summed E-state index contributed by atoms with van der Waals surface area (Å²) >= 11 is 6.04. The largest absolute Gasteiger partial charge is 0.465 e. The molecule has 0 spiro atoms. The molecule has 0 radical (unpaired) electrons.